The summed E-state index contributed by atoms with van der Waals surface area (Å²) in [5.74, 6) is -1.54. The van der Waals surface area contributed by atoms with Crippen LogP contribution < -0.4 is 4.90 Å². The average molecular weight is 242 g/mol. The van der Waals surface area contributed by atoms with E-state index in [1.165, 1.54) is 16.7 Å². The molecule has 2 N–H and O–H groups in total. The maximum Gasteiger partial charge on any atom is 0.308 e. The molecule has 1 aromatic heterocycles. The Morgan fingerprint density at radius 1 is 1.69 bits per heavy atom. The second-order valence-corrected chi connectivity index (χ2v) is 4.16. The third-order valence-electron chi connectivity index (χ3n) is 2.37. The van der Waals surface area contributed by atoms with Gasteiger partial charge in [0.25, 0.3) is 0 Å². The molecule has 1 amide bonds. The molecule has 8 heteroatoms. The van der Waals surface area contributed by atoms with Crippen molar-refractivity contribution in [2.75, 3.05) is 17.7 Å². The van der Waals surface area contributed by atoms with Crippen molar-refractivity contribution in [2.45, 2.75) is 11.6 Å². The van der Waals surface area contributed by atoms with E-state index in [0.29, 0.717) is 11.1 Å². The van der Waals surface area contributed by atoms with Crippen molar-refractivity contribution in [3.8, 4) is 0 Å². The highest BCUT2D eigenvalue weighted by atomic mass is 32.2. The predicted octanol–water partition coefficient (Wildman–Crippen LogP) is -0.0359. The zero-order valence-electron chi connectivity index (χ0n) is 8.51. The maximum atomic E-state index is 11.6. The highest BCUT2D eigenvalue weighted by Crippen LogP contribution is 2.23. The summed E-state index contributed by atoms with van der Waals surface area (Å²) >= 11 is 1.35. The van der Waals surface area contributed by atoms with E-state index in [9.17, 15) is 9.59 Å². The van der Waals surface area contributed by atoms with E-state index in [-0.39, 0.29) is 18.9 Å². The van der Waals surface area contributed by atoms with Crippen LogP contribution in [0.5, 0.6) is 0 Å². The largest absolute Gasteiger partial charge is 0.481 e. The van der Waals surface area contributed by atoms with Gasteiger partial charge in [0.2, 0.25) is 17.0 Å². The van der Waals surface area contributed by atoms with Crippen LogP contribution in [0.15, 0.2) is 5.16 Å². The molecule has 0 saturated carbocycles. The number of nitrogens with one attached hydrogen (secondary N) is 1. The van der Waals surface area contributed by atoms with Crippen LogP contribution in [0.1, 0.15) is 6.42 Å². The molecular weight excluding hydrogens is 232 g/mol. The first kappa shape index (κ1) is 10.9. The molecule has 0 bridgehead atoms. The molecule has 0 aliphatic carbocycles. The first-order valence-electron chi connectivity index (χ1n) is 4.61. The quantitative estimate of drug-likeness (QED) is 0.722. The average Bonchev–Trinajstić information content (AvgIpc) is 2.83. The van der Waals surface area contributed by atoms with Gasteiger partial charge in [-0.3, -0.25) is 14.5 Å². The predicted molar refractivity (Wildman–Crippen MR) is 56.3 cm³/mol. The fraction of sp³-hybridized carbons (Fsp3) is 0.500. The number of aromatic amines is 1. The van der Waals surface area contributed by atoms with Crippen LogP contribution in [-0.2, 0) is 9.59 Å². The Balaban J connectivity index is 2.16. The Hall–Kier alpha value is -1.57. The molecule has 1 fully saturated rings. The SMILES string of the molecule is CSc1n[nH]c(N2CC(C(=O)O)CC2=O)n1. The lowest BCUT2D eigenvalue weighted by Crippen LogP contribution is -2.26. The number of thioether (sulfide) groups is 1. The van der Waals surface area contributed by atoms with Crippen LogP contribution in [0.3, 0.4) is 0 Å². The van der Waals surface area contributed by atoms with Gasteiger partial charge in [0.1, 0.15) is 0 Å². The van der Waals surface area contributed by atoms with Gasteiger partial charge in [-0.25, -0.2) is 5.10 Å². The summed E-state index contributed by atoms with van der Waals surface area (Å²) in [5, 5.41) is 15.8. The smallest absolute Gasteiger partial charge is 0.308 e. The summed E-state index contributed by atoms with van der Waals surface area (Å²) in [5.41, 5.74) is 0. The topological polar surface area (TPSA) is 99.2 Å². The van der Waals surface area contributed by atoms with Crippen LogP contribution in [0.25, 0.3) is 0 Å². The van der Waals surface area contributed by atoms with Gasteiger partial charge in [0.15, 0.2) is 0 Å². The second-order valence-electron chi connectivity index (χ2n) is 3.39. The number of hydrogen-bond donors (Lipinski definition) is 2. The van der Waals surface area contributed by atoms with Gasteiger partial charge in [-0.2, -0.15) is 4.98 Å². The van der Waals surface area contributed by atoms with E-state index in [1.807, 2.05) is 6.26 Å². The Morgan fingerprint density at radius 3 is 2.94 bits per heavy atom. The van der Waals surface area contributed by atoms with Gasteiger partial charge in [-0.1, -0.05) is 11.8 Å². The lowest BCUT2D eigenvalue weighted by molar-refractivity contribution is -0.141. The number of aromatic nitrogens is 3. The molecule has 7 nitrogen and oxygen atoms in total. The molecule has 1 saturated heterocycles. The fourth-order valence-corrected chi connectivity index (χ4v) is 1.84. The van der Waals surface area contributed by atoms with Crippen LogP contribution in [0.4, 0.5) is 5.95 Å². The molecule has 1 aliphatic rings. The Morgan fingerprint density at radius 2 is 2.44 bits per heavy atom. The van der Waals surface area contributed by atoms with E-state index < -0.39 is 11.9 Å². The molecule has 1 atom stereocenters. The number of H-pyrrole nitrogens is 1. The lowest BCUT2D eigenvalue weighted by atomic mass is 10.1. The van der Waals surface area contributed by atoms with Gasteiger partial charge in [-0.15, -0.1) is 5.10 Å². The zero-order valence-corrected chi connectivity index (χ0v) is 9.32. The summed E-state index contributed by atoms with van der Waals surface area (Å²) in [4.78, 5) is 27.7. The van der Waals surface area contributed by atoms with Crippen molar-refractivity contribution >= 4 is 29.6 Å². The van der Waals surface area contributed by atoms with Crippen molar-refractivity contribution in [3.63, 3.8) is 0 Å². The number of rotatable bonds is 3. The monoisotopic (exact) mass is 242 g/mol. The molecule has 86 valence electrons. The van der Waals surface area contributed by atoms with Crippen molar-refractivity contribution in [1.82, 2.24) is 15.2 Å². The molecule has 0 radical (unpaired) electrons. The summed E-state index contributed by atoms with van der Waals surface area (Å²) < 4.78 is 0. The van der Waals surface area contributed by atoms with Gasteiger partial charge in [0, 0.05) is 13.0 Å². The number of amides is 1. The number of nitrogens with zero attached hydrogens (tertiary/aromatic N) is 3. The third-order valence-corrected chi connectivity index (χ3v) is 2.91. The van der Waals surface area contributed by atoms with Crippen molar-refractivity contribution in [1.29, 1.82) is 0 Å². The number of anilines is 1. The number of aliphatic carboxylic acids is 1. The van der Waals surface area contributed by atoms with Crippen molar-refractivity contribution < 1.29 is 14.7 Å². The van der Waals surface area contributed by atoms with Gasteiger partial charge in [-0.05, 0) is 6.26 Å². The number of carbonyl (C=O) groups excluding carboxylic acids is 1. The first-order chi connectivity index (χ1) is 7.61. The molecule has 0 spiro atoms. The molecule has 2 heterocycles. The van der Waals surface area contributed by atoms with Gasteiger partial charge in [0.05, 0.1) is 5.92 Å². The standard InChI is InChI=1S/C8H10N4O3S/c1-16-8-9-7(10-11-8)12-3-4(6(14)15)2-5(12)13/h4H,2-3H2,1H3,(H,14,15)(H,9,10,11). The summed E-state index contributed by atoms with van der Waals surface area (Å²) in [6.07, 6.45) is 1.84. The summed E-state index contributed by atoms with van der Waals surface area (Å²) in [7, 11) is 0. The van der Waals surface area contributed by atoms with Gasteiger partial charge >= 0.3 is 5.97 Å². The van der Waals surface area contributed by atoms with Crippen molar-refractivity contribution in [3.05, 3.63) is 0 Å². The minimum Gasteiger partial charge on any atom is -0.481 e. The second kappa shape index (κ2) is 4.12. The van der Waals surface area contributed by atoms with Crippen LogP contribution >= 0.6 is 11.8 Å². The Bertz CT molecular complexity index is 433. The number of carbonyl (C=O) groups is 2. The van der Waals surface area contributed by atoms with Crippen molar-refractivity contribution in [2.24, 2.45) is 5.92 Å². The molecule has 2 rings (SSSR count). The number of hydrogen-bond acceptors (Lipinski definition) is 5. The highest BCUT2D eigenvalue weighted by Gasteiger charge is 2.36. The highest BCUT2D eigenvalue weighted by molar-refractivity contribution is 7.98. The van der Waals surface area contributed by atoms with E-state index >= 15 is 0 Å². The first-order valence-corrected chi connectivity index (χ1v) is 5.84. The summed E-state index contributed by atoms with van der Waals surface area (Å²) in [6.45, 7) is 0.150. The molecule has 0 aromatic carbocycles. The zero-order chi connectivity index (χ0) is 11.7. The minimum absolute atomic E-state index is 0.0185. The Kier molecular flexibility index (Phi) is 2.82. The van der Waals surface area contributed by atoms with E-state index in [4.69, 9.17) is 5.11 Å². The Labute approximate surface area is 95.2 Å². The fourth-order valence-electron chi connectivity index (χ4n) is 1.53. The number of carboxylic acids is 1. The van der Waals surface area contributed by atoms with Crippen LogP contribution in [0, 0.1) is 5.92 Å². The molecular formula is C8H10N4O3S. The van der Waals surface area contributed by atoms with E-state index in [2.05, 4.69) is 15.2 Å². The normalized spacial score (nSPS) is 20.4. The molecule has 1 unspecified atom stereocenters. The van der Waals surface area contributed by atoms with Crippen LogP contribution in [-0.4, -0.2) is 45.0 Å². The maximum absolute atomic E-state index is 11.6. The molecule has 1 aromatic rings. The summed E-state index contributed by atoms with van der Waals surface area (Å²) in [6, 6.07) is 0. The van der Waals surface area contributed by atoms with Crippen LogP contribution in [0.2, 0.25) is 0 Å². The van der Waals surface area contributed by atoms with Gasteiger partial charge < -0.3 is 5.11 Å². The number of carboxylic acid groups (broad SMARTS) is 1. The minimum atomic E-state index is -0.958. The van der Waals surface area contributed by atoms with E-state index in [0.717, 1.165) is 0 Å². The van der Waals surface area contributed by atoms with E-state index in [1.54, 1.807) is 0 Å². The molecule has 1 aliphatic heterocycles. The third kappa shape index (κ3) is 1.87. The lowest BCUT2D eigenvalue weighted by Gasteiger charge is -2.10. The molecule has 16 heavy (non-hydrogen) atoms.